The number of aromatic nitrogens is 1. The fourth-order valence-electron chi connectivity index (χ4n) is 1.45. The number of aryl methyl sites for hydroxylation is 1. The Morgan fingerprint density at radius 3 is 2.81 bits per heavy atom. The molecule has 0 saturated carbocycles. The molecule has 16 heavy (non-hydrogen) atoms. The molecule has 2 heterocycles. The fraction of sp³-hybridized carbons (Fsp3) is 0.556. The van der Waals surface area contributed by atoms with Crippen LogP contribution < -0.4 is 15.4 Å². The van der Waals surface area contributed by atoms with Crippen molar-refractivity contribution in [1.29, 1.82) is 0 Å². The molecule has 1 aromatic heterocycles. The second kappa shape index (κ2) is 4.70. The van der Waals surface area contributed by atoms with E-state index in [0.29, 0.717) is 0 Å². The minimum atomic E-state index is 0.100. The summed E-state index contributed by atoms with van der Waals surface area (Å²) in [4.78, 5) is 17.9. The topological polar surface area (TPSA) is 71.2 Å². The van der Waals surface area contributed by atoms with Gasteiger partial charge in [-0.25, -0.2) is 4.98 Å². The van der Waals surface area contributed by atoms with Gasteiger partial charge in [0.2, 0.25) is 5.91 Å². The van der Waals surface area contributed by atoms with E-state index in [4.69, 9.17) is 5.14 Å². The zero-order valence-corrected chi connectivity index (χ0v) is 10.8. The van der Waals surface area contributed by atoms with Gasteiger partial charge in [0.15, 0.2) is 5.13 Å². The van der Waals surface area contributed by atoms with Crippen LogP contribution in [0.5, 0.6) is 0 Å². The molecule has 1 aliphatic heterocycles. The van der Waals surface area contributed by atoms with Crippen LogP contribution in [0.15, 0.2) is 4.21 Å². The van der Waals surface area contributed by atoms with E-state index in [-0.39, 0.29) is 11.8 Å². The average Bonchev–Trinajstić information content (AvgIpc) is 2.55. The quantitative estimate of drug-likeness (QED) is 0.777. The molecule has 1 fully saturated rings. The minimum Gasteiger partial charge on any atom is -0.315 e. The number of thiazole rings is 1. The molecule has 0 radical (unpaired) electrons. The number of nitrogens with two attached hydrogens (primary N) is 1. The summed E-state index contributed by atoms with van der Waals surface area (Å²) in [6.45, 7) is 3.44. The van der Waals surface area contributed by atoms with Crippen LogP contribution >= 0.6 is 23.3 Å². The van der Waals surface area contributed by atoms with Crippen molar-refractivity contribution in [2.24, 2.45) is 11.1 Å². The molecule has 1 saturated heterocycles. The summed E-state index contributed by atoms with van der Waals surface area (Å²) in [6, 6.07) is 0. The maximum atomic E-state index is 11.9. The molecule has 0 aromatic carbocycles. The number of hydrogen-bond acceptors (Lipinski definition) is 6. The van der Waals surface area contributed by atoms with Crippen LogP contribution in [-0.4, -0.2) is 31.0 Å². The van der Waals surface area contributed by atoms with Gasteiger partial charge in [-0.15, -0.1) is 0 Å². The fourth-order valence-corrected chi connectivity index (χ4v) is 2.85. The first-order valence-corrected chi connectivity index (χ1v) is 6.65. The maximum Gasteiger partial charge on any atom is 0.234 e. The molecule has 5 nitrogen and oxygen atoms in total. The van der Waals surface area contributed by atoms with Gasteiger partial charge in [-0.2, -0.15) is 0 Å². The van der Waals surface area contributed by atoms with Gasteiger partial charge in [-0.3, -0.25) is 14.8 Å². The normalized spacial score (nSPS) is 15.9. The highest BCUT2D eigenvalue weighted by Gasteiger charge is 2.29. The first kappa shape index (κ1) is 11.8. The smallest absolute Gasteiger partial charge is 0.234 e. The molecule has 0 aliphatic carbocycles. The van der Waals surface area contributed by atoms with Crippen molar-refractivity contribution in [3.63, 3.8) is 0 Å². The van der Waals surface area contributed by atoms with Crippen molar-refractivity contribution in [1.82, 2.24) is 10.3 Å². The van der Waals surface area contributed by atoms with Crippen molar-refractivity contribution in [3.8, 4) is 0 Å². The molecule has 1 amide bonds. The SMILES string of the molecule is Cc1nc(N(C)C(=O)C2CNC2)sc1SN. The van der Waals surface area contributed by atoms with Gasteiger partial charge in [0.25, 0.3) is 0 Å². The first-order valence-electron chi connectivity index (χ1n) is 4.96. The summed E-state index contributed by atoms with van der Waals surface area (Å²) in [6.07, 6.45) is 0. The Kier molecular flexibility index (Phi) is 3.48. The van der Waals surface area contributed by atoms with Crippen LogP contribution in [0.3, 0.4) is 0 Å². The highest BCUT2D eigenvalue weighted by atomic mass is 32.2. The van der Waals surface area contributed by atoms with E-state index in [9.17, 15) is 4.79 Å². The lowest BCUT2D eigenvalue weighted by atomic mass is 10.0. The van der Waals surface area contributed by atoms with Crippen molar-refractivity contribution >= 4 is 34.3 Å². The highest BCUT2D eigenvalue weighted by Crippen LogP contribution is 2.31. The molecule has 0 atom stereocenters. The zero-order valence-electron chi connectivity index (χ0n) is 9.19. The number of nitrogens with zero attached hydrogens (tertiary/aromatic N) is 2. The Hall–Kier alpha value is -0.630. The monoisotopic (exact) mass is 258 g/mol. The Morgan fingerprint density at radius 1 is 1.69 bits per heavy atom. The summed E-state index contributed by atoms with van der Waals surface area (Å²) in [7, 11) is 1.77. The predicted molar refractivity (Wildman–Crippen MR) is 66.7 cm³/mol. The van der Waals surface area contributed by atoms with Gasteiger partial charge in [0.1, 0.15) is 0 Å². The van der Waals surface area contributed by atoms with Crippen molar-refractivity contribution in [3.05, 3.63) is 5.69 Å². The van der Waals surface area contributed by atoms with E-state index in [1.807, 2.05) is 6.92 Å². The number of amides is 1. The van der Waals surface area contributed by atoms with E-state index in [0.717, 1.165) is 28.1 Å². The van der Waals surface area contributed by atoms with E-state index in [2.05, 4.69) is 10.3 Å². The number of carbonyl (C=O) groups is 1. The van der Waals surface area contributed by atoms with Crippen LogP contribution in [0.25, 0.3) is 0 Å². The lowest BCUT2D eigenvalue weighted by molar-refractivity contribution is -0.123. The first-order chi connectivity index (χ1) is 7.63. The average molecular weight is 258 g/mol. The molecule has 3 N–H and O–H groups in total. The zero-order chi connectivity index (χ0) is 11.7. The number of anilines is 1. The third-order valence-corrected chi connectivity index (χ3v) is 4.67. The molecule has 0 unspecified atom stereocenters. The van der Waals surface area contributed by atoms with E-state index in [1.165, 1.54) is 23.3 Å². The number of rotatable bonds is 3. The van der Waals surface area contributed by atoms with Gasteiger partial charge >= 0.3 is 0 Å². The molecule has 0 spiro atoms. The molecule has 2 rings (SSSR count). The standard InChI is InChI=1S/C9H14N4OS2/c1-5-8(16-10)15-9(12-5)13(2)7(14)6-3-11-4-6/h6,11H,3-4,10H2,1-2H3. The Labute approximate surface area is 103 Å². The largest absolute Gasteiger partial charge is 0.315 e. The van der Waals surface area contributed by atoms with Crippen molar-refractivity contribution < 1.29 is 4.79 Å². The Balaban J connectivity index is 2.12. The van der Waals surface area contributed by atoms with Crippen LogP contribution in [0.4, 0.5) is 5.13 Å². The summed E-state index contributed by atoms with van der Waals surface area (Å²) >= 11 is 2.64. The summed E-state index contributed by atoms with van der Waals surface area (Å²) in [5, 5.41) is 9.32. The van der Waals surface area contributed by atoms with Crippen LogP contribution in [0.2, 0.25) is 0 Å². The number of nitrogens with one attached hydrogen (secondary N) is 1. The summed E-state index contributed by atoms with van der Waals surface area (Å²) < 4.78 is 0.960. The highest BCUT2D eigenvalue weighted by molar-refractivity contribution is 7.99. The second-order valence-electron chi connectivity index (χ2n) is 3.74. The van der Waals surface area contributed by atoms with Gasteiger partial charge in [-0.1, -0.05) is 11.3 Å². The van der Waals surface area contributed by atoms with E-state index >= 15 is 0 Å². The number of carbonyl (C=O) groups excluding carboxylic acids is 1. The van der Waals surface area contributed by atoms with Gasteiger partial charge < -0.3 is 5.32 Å². The maximum absolute atomic E-state index is 11.9. The van der Waals surface area contributed by atoms with Crippen molar-refractivity contribution in [2.75, 3.05) is 25.0 Å². The predicted octanol–water partition coefficient (Wildman–Crippen LogP) is 0.600. The lowest BCUT2D eigenvalue weighted by Gasteiger charge is -2.29. The van der Waals surface area contributed by atoms with E-state index < -0.39 is 0 Å². The van der Waals surface area contributed by atoms with E-state index in [1.54, 1.807) is 11.9 Å². The molecule has 1 aromatic rings. The molecule has 7 heteroatoms. The molecule has 88 valence electrons. The molecule has 1 aliphatic rings. The number of hydrogen-bond donors (Lipinski definition) is 2. The molecule has 0 bridgehead atoms. The Morgan fingerprint density at radius 2 is 2.38 bits per heavy atom. The lowest BCUT2D eigenvalue weighted by Crippen LogP contribution is -2.51. The minimum absolute atomic E-state index is 0.100. The van der Waals surface area contributed by atoms with Crippen LogP contribution in [0.1, 0.15) is 5.69 Å². The Bertz CT molecular complexity index is 402. The van der Waals surface area contributed by atoms with Crippen LogP contribution in [-0.2, 0) is 4.79 Å². The summed E-state index contributed by atoms with van der Waals surface area (Å²) in [5.74, 6) is 0.226. The van der Waals surface area contributed by atoms with Gasteiger partial charge in [-0.05, 0) is 18.9 Å². The third-order valence-electron chi connectivity index (χ3n) is 2.60. The third kappa shape index (κ3) is 2.08. The van der Waals surface area contributed by atoms with Crippen LogP contribution in [0, 0.1) is 12.8 Å². The second-order valence-corrected chi connectivity index (χ2v) is 5.62. The molecular weight excluding hydrogens is 244 g/mol. The van der Waals surface area contributed by atoms with Crippen molar-refractivity contribution in [2.45, 2.75) is 11.1 Å². The van der Waals surface area contributed by atoms with Gasteiger partial charge in [0, 0.05) is 20.1 Å². The summed E-state index contributed by atoms with van der Waals surface area (Å²) in [5.41, 5.74) is 0.888. The van der Waals surface area contributed by atoms with Gasteiger partial charge in [0.05, 0.1) is 15.8 Å². The molecular formula is C9H14N4OS2.